The summed E-state index contributed by atoms with van der Waals surface area (Å²) in [5.74, 6) is 0.873. The van der Waals surface area contributed by atoms with Crippen molar-refractivity contribution in [2.75, 3.05) is 13.2 Å². The molecule has 434 valence electrons. The second-order valence-electron chi connectivity index (χ2n) is 24.1. The van der Waals surface area contributed by atoms with Gasteiger partial charge in [0.05, 0.1) is 0 Å². The van der Waals surface area contributed by atoms with Crippen molar-refractivity contribution in [2.24, 2.45) is 11.8 Å². The van der Waals surface area contributed by atoms with E-state index in [1.807, 2.05) is 0 Å². The fraction of sp³-hybridized carbons (Fsp3) is 0.955. The minimum atomic E-state index is -0.764. The Kier molecular flexibility index (Phi) is 58.4. The summed E-state index contributed by atoms with van der Waals surface area (Å²) in [4.78, 5) is 38.4. The van der Waals surface area contributed by atoms with Gasteiger partial charge in [0.25, 0.3) is 0 Å². The third kappa shape index (κ3) is 61.1. The number of carbonyl (C=O) groups is 3. The summed E-state index contributed by atoms with van der Waals surface area (Å²) >= 11 is 0. The van der Waals surface area contributed by atoms with Crippen LogP contribution >= 0.6 is 0 Å². The maximum absolute atomic E-state index is 12.9. The Labute approximate surface area is 457 Å². The first-order valence-electron chi connectivity index (χ1n) is 33.2. The molecule has 0 saturated carbocycles. The second kappa shape index (κ2) is 59.7. The summed E-state index contributed by atoms with van der Waals surface area (Å²) in [6.07, 6.45) is 66.8. The summed E-state index contributed by atoms with van der Waals surface area (Å²) in [7, 11) is 0. The molecule has 0 aliphatic carbocycles. The van der Waals surface area contributed by atoms with Gasteiger partial charge in [-0.3, -0.25) is 14.4 Å². The molecule has 0 bridgehead atoms. The Morgan fingerprint density at radius 3 is 0.671 bits per heavy atom. The number of ether oxygens (including phenoxy) is 3. The molecule has 0 N–H and O–H groups in total. The lowest BCUT2D eigenvalue weighted by Gasteiger charge is -2.18. The van der Waals surface area contributed by atoms with Gasteiger partial charge in [0, 0.05) is 19.3 Å². The average Bonchev–Trinajstić information content (AvgIpc) is 3.37. The van der Waals surface area contributed by atoms with E-state index in [1.54, 1.807) is 0 Å². The predicted molar refractivity (Wildman–Crippen MR) is 316 cm³/mol. The van der Waals surface area contributed by atoms with E-state index in [4.69, 9.17) is 14.2 Å². The minimum Gasteiger partial charge on any atom is -0.462 e. The number of unbranched alkanes of at least 4 members (excludes halogenated alkanes) is 46. The molecule has 0 spiro atoms. The molecule has 0 heterocycles. The van der Waals surface area contributed by atoms with Crippen molar-refractivity contribution in [3.05, 3.63) is 0 Å². The number of hydrogen-bond donors (Lipinski definition) is 0. The third-order valence-corrected chi connectivity index (χ3v) is 15.5. The van der Waals surface area contributed by atoms with E-state index in [1.165, 1.54) is 270 Å². The van der Waals surface area contributed by atoms with E-state index in [0.717, 1.165) is 69.6 Å². The third-order valence-electron chi connectivity index (χ3n) is 15.5. The minimum absolute atomic E-state index is 0.0615. The SMILES string of the molecule is CCCCCCCCCCCCCCCCCCCCC(=O)OC[C@H](COC(=O)CCCCCCCCCCCCCCCCCC(C)C)OC(=O)CCCCCCCCCCCCCCCCCCC(C)C. The molecule has 6 nitrogen and oxygen atoms in total. The first-order valence-corrected chi connectivity index (χ1v) is 33.2. The number of carbonyl (C=O) groups excluding carboxylic acids is 3. The monoisotopic (exact) mass is 1030 g/mol. The van der Waals surface area contributed by atoms with Crippen LogP contribution in [0.4, 0.5) is 0 Å². The summed E-state index contributed by atoms with van der Waals surface area (Å²) in [5.41, 5.74) is 0. The van der Waals surface area contributed by atoms with Crippen LogP contribution in [0.25, 0.3) is 0 Å². The summed E-state index contributed by atoms with van der Waals surface area (Å²) in [5, 5.41) is 0. The molecule has 0 radical (unpaired) electrons. The van der Waals surface area contributed by atoms with Gasteiger partial charge in [-0.2, -0.15) is 0 Å². The van der Waals surface area contributed by atoms with E-state index in [9.17, 15) is 14.4 Å². The summed E-state index contributed by atoms with van der Waals surface area (Å²) in [6, 6.07) is 0. The smallest absolute Gasteiger partial charge is 0.306 e. The molecule has 0 aliphatic rings. The molecule has 6 heteroatoms. The van der Waals surface area contributed by atoms with Gasteiger partial charge in [0.2, 0.25) is 0 Å². The van der Waals surface area contributed by atoms with Crippen molar-refractivity contribution in [3.8, 4) is 0 Å². The van der Waals surface area contributed by atoms with E-state index >= 15 is 0 Å². The lowest BCUT2D eigenvalue weighted by Crippen LogP contribution is -2.30. The van der Waals surface area contributed by atoms with Gasteiger partial charge < -0.3 is 14.2 Å². The summed E-state index contributed by atoms with van der Waals surface area (Å²) in [6.45, 7) is 11.5. The first kappa shape index (κ1) is 71.4. The normalized spacial score (nSPS) is 12.0. The predicted octanol–water partition coefficient (Wildman–Crippen LogP) is 22.4. The van der Waals surface area contributed by atoms with E-state index in [0.29, 0.717) is 19.3 Å². The van der Waals surface area contributed by atoms with Crippen LogP contribution in [-0.2, 0) is 28.6 Å². The van der Waals surface area contributed by atoms with Gasteiger partial charge in [-0.05, 0) is 31.1 Å². The van der Waals surface area contributed by atoms with Gasteiger partial charge >= 0.3 is 17.9 Å². The molecule has 0 unspecified atom stereocenters. The fourth-order valence-corrected chi connectivity index (χ4v) is 10.5. The van der Waals surface area contributed by atoms with Gasteiger partial charge in [0.1, 0.15) is 13.2 Å². The van der Waals surface area contributed by atoms with Crippen LogP contribution in [0, 0.1) is 11.8 Å². The Hall–Kier alpha value is -1.59. The molecule has 0 aromatic heterocycles. The molecule has 0 amide bonds. The molecule has 0 aliphatic heterocycles. The highest BCUT2D eigenvalue weighted by Crippen LogP contribution is 2.19. The topological polar surface area (TPSA) is 78.9 Å². The number of hydrogen-bond acceptors (Lipinski definition) is 6. The highest BCUT2D eigenvalue weighted by atomic mass is 16.6. The van der Waals surface area contributed by atoms with Crippen LogP contribution in [0.15, 0.2) is 0 Å². The molecular weight excluding hydrogens is 901 g/mol. The number of rotatable bonds is 61. The lowest BCUT2D eigenvalue weighted by atomic mass is 10.0. The van der Waals surface area contributed by atoms with Gasteiger partial charge in [0.15, 0.2) is 6.10 Å². The molecular formula is C67H130O6. The highest BCUT2D eigenvalue weighted by Gasteiger charge is 2.19. The van der Waals surface area contributed by atoms with Crippen molar-refractivity contribution in [3.63, 3.8) is 0 Å². The van der Waals surface area contributed by atoms with Crippen molar-refractivity contribution in [1.82, 2.24) is 0 Å². The van der Waals surface area contributed by atoms with Gasteiger partial charge in [-0.1, -0.05) is 343 Å². The average molecular weight is 1030 g/mol. The van der Waals surface area contributed by atoms with Gasteiger partial charge in [-0.15, -0.1) is 0 Å². The molecule has 0 saturated heterocycles. The molecule has 1 atom stereocenters. The zero-order valence-corrected chi connectivity index (χ0v) is 50.3. The Bertz CT molecular complexity index is 1120. The molecule has 0 fully saturated rings. The van der Waals surface area contributed by atoms with Crippen molar-refractivity contribution >= 4 is 17.9 Å². The lowest BCUT2D eigenvalue weighted by molar-refractivity contribution is -0.167. The van der Waals surface area contributed by atoms with E-state index < -0.39 is 6.10 Å². The standard InChI is InChI=1S/C67H130O6/c1-6-7-8-9-10-11-12-13-14-15-16-22-27-32-37-42-47-52-57-65(68)71-60-64(61-72-66(69)58-53-48-43-38-33-28-24-19-21-26-31-36-41-46-51-56-63(4)5)73-67(70)59-54-49-44-39-34-29-23-18-17-20-25-30-35-40-45-50-55-62(2)3/h62-64H,6-61H2,1-5H3/t64-/m1/s1. The molecule has 0 aromatic carbocycles. The van der Waals surface area contributed by atoms with Crippen LogP contribution in [-0.4, -0.2) is 37.2 Å². The van der Waals surface area contributed by atoms with E-state index in [-0.39, 0.29) is 31.1 Å². The highest BCUT2D eigenvalue weighted by molar-refractivity contribution is 5.71. The van der Waals surface area contributed by atoms with Crippen LogP contribution in [0.5, 0.6) is 0 Å². The Balaban J connectivity index is 4.29. The quantitative estimate of drug-likeness (QED) is 0.0343. The molecule has 73 heavy (non-hydrogen) atoms. The molecule has 0 rings (SSSR count). The van der Waals surface area contributed by atoms with Crippen LogP contribution in [0.1, 0.15) is 381 Å². The Morgan fingerprint density at radius 2 is 0.452 bits per heavy atom. The zero-order chi connectivity index (χ0) is 53.2. The maximum atomic E-state index is 12.9. The van der Waals surface area contributed by atoms with Crippen LogP contribution < -0.4 is 0 Å². The van der Waals surface area contributed by atoms with Gasteiger partial charge in [-0.25, -0.2) is 0 Å². The van der Waals surface area contributed by atoms with E-state index in [2.05, 4.69) is 34.6 Å². The summed E-state index contributed by atoms with van der Waals surface area (Å²) < 4.78 is 17.0. The molecule has 0 aromatic rings. The maximum Gasteiger partial charge on any atom is 0.306 e. The van der Waals surface area contributed by atoms with Crippen LogP contribution in [0.2, 0.25) is 0 Å². The Morgan fingerprint density at radius 1 is 0.260 bits per heavy atom. The zero-order valence-electron chi connectivity index (χ0n) is 50.3. The van der Waals surface area contributed by atoms with Crippen molar-refractivity contribution < 1.29 is 28.6 Å². The second-order valence-corrected chi connectivity index (χ2v) is 24.1. The first-order chi connectivity index (χ1) is 35.7. The number of esters is 3. The fourth-order valence-electron chi connectivity index (χ4n) is 10.5. The van der Waals surface area contributed by atoms with Crippen LogP contribution in [0.3, 0.4) is 0 Å². The largest absolute Gasteiger partial charge is 0.462 e. The van der Waals surface area contributed by atoms with Crippen molar-refractivity contribution in [1.29, 1.82) is 0 Å². The van der Waals surface area contributed by atoms with Crippen molar-refractivity contribution in [2.45, 2.75) is 387 Å².